The fraction of sp³-hybridized carbons (Fsp3) is 0.407. The maximum atomic E-state index is 13.6. The molecule has 1 aromatic heterocycles. The van der Waals surface area contributed by atoms with Gasteiger partial charge in [-0.2, -0.15) is 0 Å². The van der Waals surface area contributed by atoms with Crippen molar-refractivity contribution in [1.82, 2.24) is 10.1 Å². The molecule has 7 nitrogen and oxygen atoms in total. The van der Waals surface area contributed by atoms with Crippen LogP contribution in [0.4, 0.5) is 5.88 Å². The molecule has 5 rings (SSSR count). The Balaban J connectivity index is 1.50. The zero-order chi connectivity index (χ0) is 23.5. The van der Waals surface area contributed by atoms with E-state index in [9.17, 15) is 4.79 Å². The van der Waals surface area contributed by atoms with Crippen molar-refractivity contribution in [2.75, 3.05) is 44.9 Å². The quantitative estimate of drug-likeness (QED) is 0.490. The molecule has 0 N–H and O–H groups in total. The number of amides is 1. The van der Waals surface area contributed by atoms with Crippen molar-refractivity contribution < 1.29 is 18.8 Å². The van der Waals surface area contributed by atoms with Crippen LogP contribution < -0.4 is 9.64 Å². The van der Waals surface area contributed by atoms with Crippen molar-refractivity contribution >= 4 is 11.8 Å². The lowest BCUT2D eigenvalue weighted by Gasteiger charge is -2.28. The minimum Gasteiger partial charge on any atom is -0.497 e. The summed E-state index contributed by atoms with van der Waals surface area (Å²) in [5.74, 6) is 2.04. The van der Waals surface area contributed by atoms with Crippen molar-refractivity contribution in [3.8, 4) is 17.0 Å². The molecule has 7 heteroatoms. The lowest BCUT2D eigenvalue weighted by Crippen LogP contribution is -2.37. The van der Waals surface area contributed by atoms with E-state index in [1.165, 1.54) is 0 Å². The summed E-state index contributed by atoms with van der Waals surface area (Å²) in [6.07, 6.45) is 2.33. The molecule has 2 aliphatic rings. The molecule has 2 fully saturated rings. The Hall–Kier alpha value is -3.32. The van der Waals surface area contributed by atoms with Gasteiger partial charge in [-0.1, -0.05) is 28.9 Å². The number of carbonyl (C=O) groups excluding carboxylic acids is 1. The van der Waals surface area contributed by atoms with Crippen LogP contribution in [-0.4, -0.2) is 55.9 Å². The molecule has 1 saturated carbocycles. The van der Waals surface area contributed by atoms with Gasteiger partial charge in [-0.05, 0) is 56.0 Å². The van der Waals surface area contributed by atoms with E-state index in [1.807, 2.05) is 41.3 Å². The number of hydrogen-bond acceptors (Lipinski definition) is 6. The molecule has 2 heterocycles. The van der Waals surface area contributed by atoms with Gasteiger partial charge in [0.2, 0.25) is 5.88 Å². The first kappa shape index (κ1) is 22.5. The largest absolute Gasteiger partial charge is 0.497 e. The maximum Gasteiger partial charge on any atom is 0.254 e. The third-order valence-corrected chi connectivity index (χ3v) is 6.51. The molecule has 3 aromatic rings. The van der Waals surface area contributed by atoms with Gasteiger partial charge >= 0.3 is 0 Å². The number of aryl methyl sites for hydroxylation is 1. The molecule has 34 heavy (non-hydrogen) atoms. The summed E-state index contributed by atoms with van der Waals surface area (Å²) in [5, 5.41) is 4.49. The smallest absolute Gasteiger partial charge is 0.254 e. The summed E-state index contributed by atoms with van der Waals surface area (Å²) in [5.41, 5.74) is 4.57. The molecule has 1 aliphatic carbocycles. The average molecular weight is 462 g/mol. The van der Waals surface area contributed by atoms with E-state index < -0.39 is 0 Å². The standard InChI is InChI=1S/C27H31N3O4/c1-19-4-3-5-22(16-19)25-24(27(34-28-25)29-12-14-33-15-13-29)18-30(17-20-6-7-20)26(31)21-8-10-23(32-2)11-9-21/h3-5,8-11,16,20H,6-7,12-15,17-18H2,1-2H3. The Morgan fingerprint density at radius 2 is 1.91 bits per heavy atom. The van der Waals surface area contributed by atoms with Crippen LogP contribution in [0, 0.1) is 12.8 Å². The Kier molecular flexibility index (Phi) is 6.54. The van der Waals surface area contributed by atoms with E-state index in [2.05, 4.69) is 29.1 Å². The van der Waals surface area contributed by atoms with E-state index in [0.717, 1.165) is 66.5 Å². The van der Waals surface area contributed by atoms with Gasteiger partial charge in [0.05, 0.1) is 32.4 Å². The highest BCUT2D eigenvalue weighted by atomic mass is 16.5. The van der Waals surface area contributed by atoms with Crippen LogP contribution in [0.3, 0.4) is 0 Å². The van der Waals surface area contributed by atoms with Crippen LogP contribution in [0.2, 0.25) is 0 Å². The third-order valence-electron chi connectivity index (χ3n) is 6.51. The first-order valence-electron chi connectivity index (χ1n) is 11.9. The lowest BCUT2D eigenvalue weighted by molar-refractivity contribution is 0.0734. The summed E-state index contributed by atoms with van der Waals surface area (Å²) >= 11 is 0. The fourth-order valence-electron chi connectivity index (χ4n) is 4.42. The summed E-state index contributed by atoms with van der Waals surface area (Å²) in [7, 11) is 1.63. The second-order valence-electron chi connectivity index (χ2n) is 9.14. The SMILES string of the molecule is COc1ccc(C(=O)N(Cc2c(-c3cccc(C)c3)noc2N2CCOCC2)CC2CC2)cc1. The van der Waals surface area contributed by atoms with Crippen LogP contribution >= 0.6 is 0 Å². The molecular formula is C27H31N3O4. The molecule has 0 bridgehead atoms. The molecule has 1 aliphatic heterocycles. The minimum absolute atomic E-state index is 0.0128. The first-order valence-corrected chi connectivity index (χ1v) is 11.9. The summed E-state index contributed by atoms with van der Waals surface area (Å²) in [4.78, 5) is 17.8. The van der Waals surface area contributed by atoms with E-state index in [0.29, 0.717) is 31.2 Å². The van der Waals surface area contributed by atoms with Gasteiger partial charge in [0, 0.05) is 30.8 Å². The van der Waals surface area contributed by atoms with Crippen molar-refractivity contribution in [3.05, 3.63) is 65.2 Å². The monoisotopic (exact) mass is 461 g/mol. The van der Waals surface area contributed by atoms with E-state index in [-0.39, 0.29) is 5.91 Å². The zero-order valence-corrected chi connectivity index (χ0v) is 19.8. The highest BCUT2D eigenvalue weighted by Crippen LogP contribution is 2.36. The number of rotatable bonds is 8. The van der Waals surface area contributed by atoms with Gasteiger partial charge < -0.3 is 23.8 Å². The first-order chi connectivity index (χ1) is 16.6. The highest BCUT2D eigenvalue weighted by Gasteiger charge is 2.31. The lowest BCUT2D eigenvalue weighted by atomic mass is 10.0. The maximum absolute atomic E-state index is 13.6. The van der Waals surface area contributed by atoms with Crippen molar-refractivity contribution in [2.24, 2.45) is 5.92 Å². The minimum atomic E-state index is 0.0128. The van der Waals surface area contributed by atoms with Gasteiger partial charge in [-0.25, -0.2) is 0 Å². The number of aromatic nitrogens is 1. The van der Waals surface area contributed by atoms with Gasteiger partial charge in [-0.15, -0.1) is 0 Å². The van der Waals surface area contributed by atoms with Crippen LogP contribution in [-0.2, 0) is 11.3 Å². The number of hydrogen-bond donors (Lipinski definition) is 0. The fourth-order valence-corrected chi connectivity index (χ4v) is 4.42. The molecule has 1 amide bonds. The number of benzene rings is 2. The van der Waals surface area contributed by atoms with E-state index >= 15 is 0 Å². The molecule has 178 valence electrons. The summed E-state index contributed by atoms with van der Waals surface area (Å²) < 4.78 is 16.7. The number of methoxy groups -OCH3 is 1. The Bertz CT molecular complexity index is 1130. The van der Waals surface area contributed by atoms with Crippen molar-refractivity contribution in [2.45, 2.75) is 26.3 Å². The highest BCUT2D eigenvalue weighted by molar-refractivity contribution is 5.94. The van der Waals surface area contributed by atoms with Crippen molar-refractivity contribution in [1.29, 1.82) is 0 Å². The number of ether oxygens (including phenoxy) is 2. The third kappa shape index (κ3) is 4.94. The number of carbonyl (C=O) groups is 1. The molecule has 0 radical (unpaired) electrons. The predicted octanol–water partition coefficient (Wildman–Crippen LogP) is 4.55. The normalized spacial score (nSPS) is 15.9. The van der Waals surface area contributed by atoms with Gasteiger partial charge in [0.15, 0.2) is 0 Å². The summed E-state index contributed by atoms with van der Waals surface area (Å²) in [6.45, 7) is 6.02. The van der Waals surface area contributed by atoms with Gasteiger partial charge in [0.1, 0.15) is 11.4 Å². The topological polar surface area (TPSA) is 68.0 Å². The average Bonchev–Trinajstić information content (AvgIpc) is 3.60. The molecule has 0 spiro atoms. The molecule has 0 unspecified atom stereocenters. The second kappa shape index (κ2) is 9.89. The van der Waals surface area contributed by atoms with Crippen LogP contribution in [0.5, 0.6) is 5.75 Å². The van der Waals surface area contributed by atoms with Crippen molar-refractivity contribution in [3.63, 3.8) is 0 Å². The van der Waals surface area contributed by atoms with E-state index in [1.54, 1.807) is 7.11 Å². The van der Waals surface area contributed by atoms with Gasteiger partial charge in [-0.3, -0.25) is 4.79 Å². The predicted molar refractivity (Wildman–Crippen MR) is 130 cm³/mol. The number of nitrogens with zero attached hydrogens (tertiary/aromatic N) is 3. The molecule has 1 saturated heterocycles. The number of morpholine rings is 1. The van der Waals surface area contributed by atoms with Crippen LogP contribution in [0.25, 0.3) is 11.3 Å². The molecule has 0 atom stereocenters. The summed E-state index contributed by atoms with van der Waals surface area (Å²) in [6, 6.07) is 15.6. The van der Waals surface area contributed by atoms with E-state index in [4.69, 9.17) is 14.0 Å². The van der Waals surface area contributed by atoms with Crippen LogP contribution in [0.1, 0.15) is 34.3 Å². The Morgan fingerprint density at radius 1 is 1.15 bits per heavy atom. The second-order valence-corrected chi connectivity index (χ2v) is 9.14. The van der Waals surface area contributed by atoms with Gasteiger partial charge in [0.25, 0.3) is 5.91 Å². The Labute approximate surface area is 200 Å². The zero-order valence-electron chi connectivity index (χ0n) is 19.8. The number of anilines is 1. The Morgan fingerprint density at radius 3 is 2.59 bits per heavy atom. The molecular weight excluding hydrogens is 430 g/mol. The van der Waals surface area contributed by atoms with Crippen LogP contribution in [0.15, 0.2) is 53.1 Å². The molecule has 2 aromatic carbocycles.